The van der Waals surface area contributed by atoms with E-state index < -0.39 is 12.8 Å². The van der Waals surface area contributed by atoms with Crippen LogP contribution < -0.4 is 5.32 Å². The Hall–Kier alpha value is -4.63. The van der Waals surface area contributed by atoms with E-state index in [0.29, 0.717) is 22.3 Å². The first-order valence-corrected chi connectivity index (χ1v) is 13.7. The van der Waals surface area contributed by atoms with E-state index in [9.17, 15) is 18.0 Å². The van der Waals surface area contributed by atoms with Crippen LogP contribution in [0.15, 0.2) is 55.1 Å². The van der Waals surface area contributed by atoms with Crippen molar-refractivity contribution in [3.05, 3.63) is 66.2 Å². The summed E-state index contributed by atoms with van der Waals surface area (Å²) in [7, 11) is 0. The van der Waals surface area contributed by atoms with Crippen LogP contribution in [-0.4, -0.2) is 71.5 Å². The molecule has 12 nitrogen and oxygen atoms in total. The Morgan fingerprint density at radius 3 is 2.81 bits per heavy atom. The number of anilines is 1. The minimum absolute atomic E-state index is 0.00436. The van der Waals surface area contributed by atoms with E-state index in [1.54, 1.807) is 35.1 Å². The van der Waals surface area contributed by atoms with Crippen molar-refractivity contribution >= 4 is 17.1 Å². The normalized spacial score (nSPS) is 15.7. The maximum Gasteiger partial charge on any atom is 0.411 e. The Labute approximate surface area is 243 Å². The molecular formula is C28H28F3N9O3. The van der Waals surface area contributed by atoms with Crippen molar-refractivity contribution in [1.82, 2.24) is 39.6 Å². The number of pyridine rings is 1. The standard InChI is InChI=1S/C28H28F3N9O3/c1-18-5-6-20(26-35-37-40(36-26)9-11-42-17-28(29,30)31)12-23(18)34-27(41)22-15-33-38-8-7-19(13-24(22)38)21-14-32-39(16-21)25-4-2-3-10-43-25/h5-8,12-16,25H,2-4,9-11,17H2,1H3,(H,34,41). The summed E-state index contributed by atoms with van der Waals surface area (Å²) >= 11 is 0. The van der Waals surface area contributed by atoms with Gasteiger partial charge in [-0.05, 0) is 60.7 Å². The number of carbonyl (C=O) groups excluding carboxylic acids is 1. The monoisotopic (exact) mass is 595 g/mol. The second-order valence-electron chi connectivity index (χ2n) is 10.2. The number of carbonyl (C=O) groups is 1. The third-order valence-electron chi connectivity index (χ3n) is 7.05. The van der Waals surface area contributed by atoms with Crippen molar-refractivity contribution in [3.8, 4) is 22.5 Å². The number of fused-ring (bicyclic) bond motifs is 1. The third kappa shape index (κ3) is 6.57. The number of aryl methyl sites for hydroxylation is 1. The number of aromatic nitrogens is 8. The van der Waals surface area contributed by atoms with Crippen LogP contribution in [-0.2, 0) is 16.0 Å². The molecule has 1 atom stereocenters. The number of amides is 1. The van der Waals surface area contributed by atoms with Gasteiger partial charge in [0.1, 0.15) is 12.8 Å². The van der Waals surface area contributed by atoms with Crippen LogP contribution in [0.1, 0.15) is 41.4 Å². The van der Waals surface area contributed by atoms with E-state index in [1.165, 1.54) is 6.20 Å². The zero-order valence-corrected chi connectivity index (χ0v) is 23.2. The zero-order chi connectivity index (χ0) is 30.0. The van der Waals surface area contributed by atoms with Crippen molar-refractivity contribution in [2.45, 2.75) is 45.1 Å². The van der Waals surface area contributed by atoms with E-state index in [1.807, 2.05) is 29.9 Å². The average Bonchev–Trinajstić information content (AvgIpc) is 3.76. The number of ether oxygens (including phenoxy) is 2. The van der Waals surface area contributed by atoms with E-state index in [4.69, 9.17) is 4.74 Å². The highest BCUT2D eigenvalue weighted by molar-refractivity contribution is 6.09. The molecular weight excluding hydrogens is 567 g/mol. The summed E-state index contributed by atoms with van der Waals surface area (Å²) < 4.78 is 50.7. The first kappa shape index (κ1) is 28.5. The molecule has 1 aromatic carbocycles. The molecule has 0 spiro atoms. The van der Waals surface area contributed by atoms with Gasteiger partial charge in [-0.15, -0.1) is 10.2 Å². The quantitative estimate of drug-likeness (QED) is 0.243. The number of benzene rings is 1. The van der Waals surface area contributed by atoms with Crippen LogP contribution in [0, 0.1) is 6.92 Å². The van der Waals surface area contributed by atoms with Crippen molar-refractivity contribution in [2.24, 2.45) is 0 Å². The lowest BCUT2D eigenvalue weighted by Gasteiger charge is -2.22. The second-order valence-corrected chi connectivity index (χ2v) is 10.2. The van der Waals surface area contributed by atoms with E-state index in [-0.39, 0.29) is 31.1 Å². The highest BCUT2D eigenvalue weighted by Gasteiger charge is 2.27. The van der Waals surface area contributed by atoms with E-state index >= 15 is 0 Å². The van der Waals surface area contributed by atoms with Crippen LogP contribution in [0.4, 0.5) is 18.9 Å². The topological polar surface area (TPSA) is 126 Å². The Kier molecular flexibility index (Phi) is 7.90. The third-order valence-corrected chi connectivity index (χ3v) is 7.05. The van der Waals surface area contributed by atoms with Crippen LogP contribution in [0.25, 0.3) is 28.0 Å². The molecule has 15 heteroatoms. The molecule has 1 fully saturated rings. The summed E-state index contributed by atoms with van der Waals surface area (Å²) in [5, 5.41) is 23.9. The number of hydrogen-bond donors (Lipinski definition) is 1. The molecule has 5 aromatic rings. The average molecular weight is 596 g/mol. The van der Waals surface area contributed by atoms with Gasteiger partial charge >= 0.3 is 6.18 Å². The maximum atomic E-state index is 13.4. The SMILES string of the molecule is Cc1ccc(-c2nnn(CCOCC(F)(F)F)n2)cc1NC(=O)c1cnn2ccc(-c3cnn(C4CCCCO4)c3)cc12. The van der Waals surface area contributed by atoms with Gasteiger partial charge in [-0.1, -0.05) is 12.1 Å². The van der Waals surface area contributed by atoms with Gasteiger partial charge in [0.25, 0.3) is 5.91 Å². The highest BCUT2D eigenvalue weighted by atomic mass is 19.4. The molecule has 43 heavy (non-hydrogen) atoms. The van der Waals surface area contributed by atoms with Crippen molar-refractivity contribution in [2.75, 3.05) is 25.1 Å². The first-order valence-electron chi connectivity index (χ1n) is 13.7. The molecule has 1 aliphatic rings. The molecule has 0 saturated carbocycles. The molecule has 0 bridgehead atoms. The summed E-state index contributed by atoms with van der Waals surface area (Å²) in [5.74, 6) is -0.0942. The number of nitrogens with one attached hydrogen (secondary N) is 1. The molecule has 1 aliphatic heterocycles. The van der Waals surface area contributed by atoms with Crippen molar-refractivity contribution in [3.63, 3.8) is 0 Å². The van der Waals surface area contributed by atoms with Crippen LogP contribution in [0.5, 0.6) is 0 Å². The maximum absolute atomic E-state index is 13.4. The van der Waals surface area contributed by atoms with Gasteiger partial charge in [0, 0.05) is 35.8 Å². The fourth-order valence-corrected chi connectivity index (χ4v) is 4.79. The van der Waals surface area contributed by atoms with Gasteiger partial charge in [0.15, 0.2) is 0 Å². The lowest BCUT2D eigenvalue weighted by molar-refractivity contribution is -0.174. The van der Waals surface area contributed by atoms with E-state index in [2.05, 4.69) is 35.7 Å². The van der Waals surface area contributed by atoms with Crippen LogP contribution in [0.3, 0.4) is 0 Å². The largest absolute Gasteiger partial charge is 0.411 e. The van der Waals surface area contributed by atoms with Crippen molar-refractivity contribution < 1.29 is 27.4 Å². The Morgan fingerprint density at radius 2 is 2.00 bits per heavy atom. The fraction of sp³-hybridized carbons (Fsp3) is 0.357. The predicted octanol–water partition coefficient (Wildman–Crippen LogP) is 4.69. The molecule has 1 amide bonds. The zero-order valence-electron chi connectivity index (χ0n) is 23.2. The van der Waals surface area contributed by atoms with Gasteiger partial charge in [0.05, 0.1) is 36.6 Å². The molecule has 1 unspecified atom stereocenters. The highest BCUT2D eigenvalue weighted by Crippen LogP contribution is 2.28. The van der Waals surface area contributed by atoms with Gasteiger partial charge in [-0.2, -0.15) is 28.2 Å². The number of alkyl halides is 3. The molecule has 224 valence electrons. The minimum Gasteiger partial charge on any atom is -0.370 e. The fourth-order valence-electron chi connectivity index (χ4n) is 4.79. The molecule has 4 aromatic heterocycles. The Balaban J connectivity index is 1.17. The molecule has 1 N–H and O–H groups in total. The molecule has 1 saturated heterocycles. The number of tetrazole rings is 1. The van der Waals surface area contributed by atoms with Gasteiger partial charge in [-0.25, -0.2) is 9.20 Å². The predicted molar refractivity (Wildman–Crippen MR) is 148 cm³/mol. The Morgan fingerprint density at radius 1 is 1.12 bits per heavy atom. The number of rotatable bonds is 9. The molecule has 5 heterocycles. The molecule has 6 rings (SSSR count). The number of halogens is 3. The van der Waals surface area contributed by atoms with E-state index in [0.717, 1.165) is 47.4 Å². The summed E-state index contributed by atoms with van der Waals surface area (Å²) in [6.45, 7) is 1.02. The Bertz CT molecular complexity index is 1740. The lowest BCUT2D eigenvalue weighted by atomic mass is 10.1. The number of hydrogen-bond acceptors (Lipinski definition) is 8. The van der Waals surface area contributed by atoms with Crippen LogP contribution in [0.2, 0.25) is 0 Å². The van der Waals surface area contributed by atoms with Crippen molar-refractivity contribution in [1.29, 1.82) is 0 Å². The van der Waals surface area contributed by atoms with Gasteiger partial charge < -0.3 is 14.8 Å². The first-order chi connectivity index (χ1) is 20.7. The van der Waals surface area contributed by atoms with Crippen LogP contribution >= 0.6 is 0 Å². The molecule has 0 radical (unpaired) electrons. The minimum atomic E-state index is -4.40. The second kappa shape index (κ2) is 11.9. The summed E-state index contributed by atoms with van der Waals surface area (Å²) in [6.07, 6.45) is 5.66. The van der Waals surface area contributed by atoms with Gasteiger partial charge in [0.2, 0.25) is 5.82 Å². The summed E-state index contributed by atoms with van der Waals surface area (Å²) in [4.78, 5) is 14.6. The summed E-state index contributed by atoms with van der Waals surface area (Å²) in [6, 6.07) is 9.11. The van der Waals surface area contributed by atoms with Gasteiger partial charge in [-0.3, -0.25) is 4.79 Å². The summed E-state index contributed by atoms with van der Waals surface area (Å²) in [5.41, 5.74) is 4.72. The smallest absolute Gasteiger partial charge is 0.370 e. The lowest BCUT2D eigenvalue weighted by Crippen LogP contribution is -2.19. The number of nitrogens with zero attached hydrogens (tertiary/aromatic N) is 8. The molecule has 0 aliphatic carbocycles.